The first-order valence-corrected chi connectivity index (χ1v) is 6.65. The van der Waals surface area contributed by atoms with Gasteiger partial charge in [-0.15, -0.1) is 0 Å². The maximum absolute atomic E-state index is 4.01. The standard InChI is InChI=1S/C14H25N3/c1-4-17(5-2)12-6-7-13(3)16-14-8-10-15-11-9-14/h8-11,13H,4-7,12H2,1-3H3,(H,15,16)/t13-/m1/s1. The molecule has 0 amide bonds. The Morgan fingerprint density at radius 3 is 2.47 bits per heavy atom. The van der Waals surface area contributed by atoms with Crippen LogP contribution in [0.4, 0.5) is 5.69 Å². The van der Waals surface area contributed by atoms with E-state index >= 15 is 0 Å². The molecule has 0 fully saturated rings. The average Bonchev–Trinajstić information content (AvgIpc) is 2.36. The summed E-state index contributed by atoms with van der Waals surface area (Å²) in [6, 6.07) is 4.55. The third-order valence-corrected chi connectivity index (χ3v) is 3.10. The van der Waals surface area contributed by atoms with Gasteiger partial charge in [-0.2, -0.15) is 0 Å². The second-order valence-corrected chi connectivity index (χ2v) is 4.45. The maximum Gasteiger partial charge on any atom is 0.0373 e. The number of rotatable bonds is 8. The molecule has 17 heavy (non-hydrogen) atoms. The predicted octanol–water partition coefficient (Wildman–Crippen LogP) is 3.00. The minimum Gasteiger partial charge on any atom is -0.383 e. The molecule has 1 rings (SSSR count). The minimum absolute atomic E-state index is 0.521. The van der Waals surface area contributed by atoms with Gasteiger partial charge in [-0.25, -0.2) is 0 Å². The molecule has 1 heterocycles. The average molecular weight is 235 g/mol. The van der Waals surface area contributed by atoms with Gasteiger partial charge in [0.2, 0.25) is 0 Å². The summed E-state index contributed by atoms with van der Waals surface area (Å²) in [5, 5.41) is 3.49. The van der Waals surface area contributed by atoms with Crippen LogP contribution >= 0.6 is 0 Å². The van der Waals surface area contributed by atoms with Crippen molar-refractivity contribution in [2.45, 2.75) is 39.7 Å². The summed E-state index contributed by atoms with van der Waals surface area (Å²) in [4.78, 5) is 6.48. The van der Waals surface area contributed by atoms with Crippen LogP contribution in [0.15, 0.2) is 24.5 Å². The fourth-order valence-electron chi connectivity index (χ4n) is 1.97. The van der Waals surface area contributed by atoms with Crippen molar-refractivity contribution in [1.82, 2.24) is 9.88 Å². The number of hydrogen-bond donors (Lipinski definition) is 1. The summed E-state index contributed by atoms with van der Waals surface area (Å²) in [5.74, 6) is 0. The summed E-state index contributed by atoms with van der Waals surface area (Å²) < 4.78 is 0. The van der Waals surface area contributed by atoms with E-state index in [9.17, 15) is 0 Å². The second-order valence-electron chi connectivity index (χ2n) is 4.45. The molecule has 1 aromatic rings. The van der Waals surface area contributed by atoms with Crippen LogP contribution in [0.1, 0.15) is 33.6 Å². The van der Waals surface area contributed by atoms with Gasteiger partial charge in [0.05, 0.1) is 0 Å². The van der Waals surface area contributed by atoms with E-state index in [0.717, 1.165) is 18.8 Å². The number of hydrogen-bond acceptors (Lipinski definition) is 3. The van der Waals surface area contributed by atoms with Crippen molar-refractivity contribution in [3.8, 4) is 0 Å². The Morgan fingerprint density at radius 2 is 1.88 bits per heavy atom. The first-order valence-electron chi connectivity index (χ1n) is 6.65. The molecule has 0 unspecified atom stereocenters. The van der Waals surface area contributed by atoms with Crippen LogP contribution < -0.4 is 5.32 Å². The lowest BCUT2D eigenvalue weighted by molar-refractivity contribution is 0.295. The van der Waals surface area contributed by atoms with Crippen LogP contribution in [0.2, 0.25) is 0 Å². The van der Waals surface area contributed by atoms with E-state index < -0.39 is 0 Å². The van der Waals surface area contributed by atoms with Crippen molar-refractivity contribution >= 4 is 5.69 Å². The summed E-state index contributed by atoms with van der Waals surface area (Å²) >= 11 is 0. The maximum atomic E-state index is 4.01. The third-order valence-electron chi connectivity index (χ3n) is 3.10. The van der Waals surface area contributed by atoms with Crippen LogP contribution in [-0.2, 0) is 0 Å². The highest BCUT2D eigenvalue weighted by atomic mass is 15.1. The molecule has 0 bridgehead atoms. The van der Waals surface area contributed by atoms with Gasteiger partial charge in [-0.1, -0.05) is 13.8 Å². The van der Waals surface area contributed by atoms with Gasteiger partial charge in [-0.3, -0.25) is 4.98 Å². The molecule has 0 aliphatic rings. The minimum atomic E-state index is 0.521. The number of nitrogens with one attached hydrogen (secondary N) is 1. The highest BCUT2D eigenvalue weighted by molar-refractivity contribution is 5.41. The fourth-order valence-corrected chi connectivity index (χ4v) is 1.97. The van der Waals surface area contributed by atoms with Gasteiger partial charge in [0, 0.05) is 24.1 Å². The Labute approximate surface area is 105 Å². The normalized spacial score (nSPS) is 12.7. The van der Waals surface area contributed by atoms with Crippen LogP contribution in [-0.4, -0.2) is 35.6 Å². The van der Waals surface area contributed by atoms with E-state index in [-0.39, 0.29) is 0 Å². The number of aromatic nitrogens is 1. The van der Waals surface area contributed by atoms with E-state index in [0.29, 0.717) is 6.04 Å². The van der Waals surface area contributed by atoms with E-state index in [1.807, 2.05) is 24.5 Å². The summed E-state index contributed by atoms with van der Waals surface area (Å²) in [6.45, 7) is 10.2. The summed E-state index contributed by atoms with van der Waals surface area (Å²) in [6.07, 6.45) is 6.11. The van der Waals surface area contributed by atoms with Crippen molar-refractivity contribution in [1.29, 1.82) is 0 Å². The molecule has 3 heteroatoms. The highest BCUT2D eigenvalue weighted by Gasteiger charge is 2.03. The highest BCUT2D eigenvalue weighted by Crippen LogP contribution is 2.09. The molecule has 0 aliphatic carbocycles. The van der Waals surface area contributed by atoms with E-state index in [2.05, 4.69) is 36.0 Å². The Balaban J connectivity index is 2.19. The van der Waals surface area contributed by atoms with Gasteiger partial charge in [-0.05, 0) is 51.5 Å². The summed E-state index contributed by atoms with van der Waals surface area (Å²) in [7, 11) is 0. The van der Waals surface area contributed by atoms with Crippen molar-refractivity contribution in [2.24, 2.45) is 0 Å². The first-order chi connectivity index (χ1) is 8.26. The van der Waals surface area contributed by atoms with Gasteiger partial charge >= 0.3 is 0 Å². The van der Waals surface area contributed by atoms with Crippen molar-refractivity contribution in [3.63, 3.8) is 0 Å². The van der Waals surface area contributed by atoms with Crippen LogP contribution in [0.3, 0.4) is 0 Å². The molecule has 0 spiro atoms. The van der Waals surface area contributed by atoms with Gasteiger partial charge in [0.1, 0.15) is 0 Å². The molecule has 0 saturated heterocycles. The lowest BCUT2D eigenvalue weighted by Gasteiger charge is -2.20. The van der Waals surface area contributed by atoms with Crippen molar-refractivity contribution < 1.29 is 0 Å². The van der Waals surface area contributed by atoms with E-state index in [1.54, 1.807) is 0 Å². The largest absolute Gasteiger partial charge is 0.383 e. The van der Waals surface area contributed by atoms with Crippen LogP contribution in [0.25, 0.3) is 0 Å². The first kappa shape index (κ1) is 14.0. The van der Waals surface area contributed by atoms with Crippen LogP contribution in [0, 0.1) is 0 Å². The molecular formula is C14H25N3. The predicted molar refractivity (Wildman–Crippen MR) is 74.3 cm³/mol. The topological polar surface area (TPSA) is 28.2 Å². The van der Waals surface area contributed by atoms with Gasteiger partial charge < -0.3 is 10.2 Å². The molecule has 3 nitrogen and oxygen atoms in total. The molecule has 0 aliphatic heterocycles. The van der Waals surface area contributed by atoms with E-state index in [4.69, 9.17) is 0 Å². The lowest BCUT2D eigenvalue weighted by Crippen LogP contribution is -2.25. The zero-order valence-electron chi connectivity index (χ0n) is 11.3. The van der Waals surface area contributed by atoms with Crippen LogP contribution in [0.5, 0.6) is 0 Å². The quantitative estimate of drug-likeness (QED) is 0.751. The van der Waals surface area contributed by atoms with Gasteiger partial charge in [0.25, 0.3) is 0 Å². The SMILES string of the molecule is CCN(CC)CCC[C@@H](C)Nc1ccncc1. The second kappa shape index (κ2) is 8.07. The van der Waals surface area contributed by atoms with E-state index in [1.165, 1.54) is 19.4 Å². The molecular weight excluding hydrogens is 210 g/mol. The number of nitrogens with zero attached hydrogens (tertiary/aromatic N) is 2. The zero-order valence-corrected chi connectivity index (χ0v) is 11.3. The van der Waals surface area contributed by atoms with Crippen molar-refractivity contribution in [3.05, 3.63) is 24.5 Å². The van der Waals surface area contributed by atoms with Crippen molar-refractivity contribution in [2.75, 3.05) is 25.0 Å². The number of anilines is 1. The Bertz CT molecular complexity index is 283. The van der Waals surface area contributed by atoms with Gasteiger partial charge in [0.15, 0.2) is 0 Å². The molecule has 0 radical (unpaired) electrons. The molecule has 1 aromatic heterocycles. The molecule has 0 saturated carbocycles. The number of pyridine rings is 1. The molecule has 1 N–H and O–H groups in total. The molecule has 0 aromatic carbocycles. The summed E-state index contributed by atoms with van der Waals surface area (Å²) in [5.41, 5.74) is 1.16. The Kier molecular flexibility index (Phi) is 6.63. The zero-order chi connectivity index (χ0) is 12.5. The lowest BCUT2D eigenvalue weighted by atomic mass is 10.1. The Hall–Kier alpha value is -1.09. The smallest absolute Gasteiger partial charge is 0.0373 e. The Morgan fingerprint density at radius 1 is 1.24 bits per heavy atom. The monoisotopic (exact) mass is 235 g/mol. The molecule has 96 valence electrons. The molecule has 1 atom stereocenters. The third kappa shape index (κ3) is 5.68. The fraction of sp³-hybridized carbons (Fsp3) is 0.643.